The van der Waals surface area contributed by atoms with Crippen LogP contribution in [0.15, 0.2) is 6.07 Å². The predicted molar refractivity (Wildman–Crippen MR) is 65.7 cm³/mol. The second-order valence-corrected chi connectivity index (χ2v) is 3.79. The van der Waals surface area contributed by atoms with Crippen molar-refractivity contribution in [3.8, 4) is 0 Å². The first kappa shape index (κ1) is 12.9. The molecule has 16 heavy (non-hydrogen) atoms. The molecule has 0 spiro atoms. The Morgan fingerprint density at radius 3 is 2.75 bits per heavy atom. The molecule has 0 saturated heterocycles. The van der Waals surface area contributed by atoms with E-state index < -0.39 is 0 Å². The molecule has 0 aromatic carbocycles. The van der Waals surface area contributed by atoms with Crippen molar-refractivity contribution in [2.75, 3.05) is 18.5 Å². The van der Waals surface area contributed by atoms with Crippen molar-refractivity contribution in [2.24, 2.45) is 0 Å². The van der Waals surface area contributed by atoms with E-state index in [9.17, 15) is 0 Å². The maximum atomic E-state index is 5.44. The summed E-state index contributed by atoms with van der Waals surface area (Å²) in [7, 11) is 0. The van der Waals surface area contributed by atoms with Crippen LogP contribution in [0.5, 0.6) is 0 Å². The number of aryl methyl sites for hydroxylation is 2. The zero-order valence-electron chi connectivity index (χ0n) is 10.6. The summed E-state index contributed by atoms with van der Waals surface area (Å²) in [6, 6.07) is 1.99. The Bertz CT molecular complexity index is 328. The highest BCUT2D eigenvalue weighted by molar-refractivity contribution is 5.36. The Balaban J connectivity index is 2.56. The van der Waals surface area contributed by atoms with Crippen molar-refractivity contribution in [2.45, 2.75) is 40.2 Å². The third kappa shape index (κ3) is 4.14. The van der Waals surface area contributed by atoms with E-state index in [4.69, 9.17) is 4.74 Å². The second-order valence-electron chi connectivity index (χ2n) is 3.79. The molecule has 0 aliphatic carbocycles. The lowest BCUT2D eigenvalue weighted by Gasteiger charge is -2.13. The van der Waals surface area contributed by atoms with E-state index >= 15 is 0 Å². The second kappa shape index (κ2) is 6.43. The largest absolute Gasteiger partial charge is 0.377 e. The van der Waals surface area contributed by atoms with Crippen molar-refractivity contribution < 1.29 is 4.74 Å². The summed E-state index contributed by atoms with van der Waals surface area (Å²) >= 11 is 0. The topological polar surface area (TPSA) is 47.0 Å². The molecule has 4 nitrogen and oxygen atoms in total. The molecule has 1 N–H and O–H groups in total. The summed E-state index contributed by atoms with van der Waals surface area (Å²) in [5, 5.41) is 3.27. The molecule has 1 aromatic rings. The summed E-state index contributed by atoms with van der Waals surface area (Å²) in [4.78, 5) is 8.67. The standard InChI is InChI=1S/C12H21N3O/c1-5-11-7-12(15-10(4)14-11)13-8-9(3)16-6-2/h7,9H,5-6,8H2,1-4H3,(H,13,14,15). The fourth-order valence-corrected chi connectivity index (χ4v) is 1.49. The highest BCUT2D eigenvalue weighted by Gasteiger charge is 2.03. The predicted octanol–water partition coefficient (Wildman–Crippen LogP) is 2.18. The van der Waals surface area contributed by atoms with E-state index in [2.05, 4.69) is 22.2 Å². The van der Waals surface area contributed by atoms with Crippen LogP contribution in [0.4, 0.5) is 5.82 Å². The number of nitrogens with zero attached hydrogens (tertiary/aromatic N) is 2. The summed E-state index contributed by atoms with van der Waals surface area (Å²) in [6.45, 7) is 9.57. The van der Waals surface area contributed by atoms with Crippen LogP contribution in [0.2, 0.25) is 0 Å². The Morgan fingerprint density at radius 2 is 2.12 bits per heavy atom. The van der Waals surface area contributed by atoms with Gasteiger partial charge in [0.05, 0.1) is 6.10 Å². The van der Waals surface area contributed by atoms with E-state index in [-0.39, 0.29) is 6.10 Å². The average molecular weight is 223 g/mol. The molecule has 0 bridgehead atoms. The first-order valence-electron chi connectivity index (χ1n) is 5.85. The Hall–Kier alpha value is -1.16. The summed E-state index contributed by atoms with van der Waals surface area (Å²) in [5.74, 6) is 1.70. The molecule has 4 heteroatoms. The van der Waals surface area contributed by atoms with E-state index in [1.165, 1.54) is 0 Å². The van der Waals surface area contributed by atoms with Crippen molar-refractivity contribution in [1.29, 1.82) is 0 Å². The quantitative estimate of drug-likeness (QED) is 0.803. The number of ether oxygens (including phenoxy) is 1. The van der Waals surface area contributed by atoms with Gasteiger partial charge in [0.25, 0.3) is 0 Å². The van der Waals surface area contributed by atoms with Gasteiger partial charge in [-0.05, 0) is 27.2 Å². The lowest BCUT2D eigenvalue weighted by atomic mass is 10.3. The van der Waals surface area contributed by atoms with E-state index in [0.29, 0.717) is 0 Å². The Labute approximate surface area is 97.5 Å². The number of rotatable bonds is 6. The van der Waals surface area contributed by atoms with Gasteiger partial charge in [-0.2, -0.15) is 0 Å². The molecule has 0 amide bonds. The molecule has 0 fully saturated rings. The number of nitrogens with one attached hydrogen (secondary N) is 1. The summed E-state index contributed by atoms with van der Waals surface area (Å²) in [6.07, 6.45) is 1.13. The molecule has 1 heterocycles. The first-order valence-corrected chi connectivity index (χ1v) is 5.85. The van der Waals surface area contributed by atoms with Gasteiger partial charge in [0.2, 0.25) is 0 Å². The van der Waals surface area contributed by atoms with Crippen molar-refractivity contribution in [3.63, 3.8) is 0 Å². The van der Waals surface area contributed by atoms with Crippen LogP contribution >= 0.6 is 0 Å². The molecule has 90 valence electrons. The van der Waals surface area contributed by atoms with Crippen LogP contribution in [-0.4, -0.2) is 29.2 Å². The molecule has 1 rings (SSSR count). The minimum Gasteiger partial charge on any atom is -0.377 e. The zero-order chi connectivity index (χ0) is 12.0. The van der Waals surface area contributed by atoms with Crippen LogP contribution in [-0.2, 0) is 11.2 Å². The maximum absolute atomic E-state index is 5.44. The molecule has 0 radical (unpaired) electrons. The van der Waals surface area contributed by atoms with E-state index in [1.807, 2.05) is 26.8 Å². The van der Waals surface area contributed by atoms with Gasteiger partial charge in [-0.1, -0.05) is 6.92 Å². The molecule has 0 aliphatic rings. The van der Waals surface area contributed by atoms with Crippen molar-refractivity contribution >= 4 is 5.82 Å². The SMILES string of the molecule is CCOC(C)CNc1cc(CC)nc(C)n1. The Kier molecular flexibility index (Phi) is 5.19. The summed E-state index contributed by atoms with van der Waals surface area (Å²) < 4.78 is 5.44. The minimum absolute atomic E-state index is 0.199. The fraction of sp³-hybridized carbons (Fsp3) is 0.667. The molecule has 1 atom stereocenters. The monoisotopic (exact) mass is 223 g/mol. The van der Waals surface area contributed by atoms with Crippen molar-refractivity contribution in [1.82, 2.24) is 9.97 Å². The van der Waals surface area contributed by atoms with Crippen LogP contribution < -0.4 is 5.32 Å². The fourth-order valence-electron chi connectivity index (χ4n) is 1.49. The highest BCUT2D eigenvalue weighted by Crippen LogP contribution is 2.07. The molecule has 0 saturated carbocycles. The number of hydrogen-bond donors (Lipinski definition) is 1. The van der Waals surface area contributed by atoms with Gasteiger partial charge in [-0.15, -0.1) is 0 Å². The Morgan fingerprint density at radius 1 is 1.38 bits per heavy atom. The van der Waals surface area contributed by atoms with Crippen LogP contribution in [0.25, 0.3) is 0 Å². The van der Waals surface area contributed by atoms with Crippen LogP contribution in [0.1, 0.15) is 32.3 Å². The average Bonchev–Trinajstić information content (AvgIpc) is 2.26. The van der Waals surface area contributed by atoms with Gasteiger partial charge in [0.15, 0.2) is 0 Å². The lowest BCUT2D eigenvalue weighted by molar-refractivity contribution is 0.0855. The van der Waals surface area contributed by atoms with Gasteiger partial charge < -0.3 is 10.1 Å². The highest BCUT2D eigenvalue weighted by atomic mass is 16.5. The number of aromatic nitrogens is 2. The van der Waals surface area contributed by atoms with Crippen molar-refractivity contribution in [3.05, 3.63) is 17.6 Å². The van der Waals surface area contributed by atoms with Gasteiger partial charge in [-0.3, -0.25) is 0 Å². The molecular weight excluding hydrogens is 202 g/mol. The van der Waals surface area contributed by atoms with Crippen LogP contribution in [0.3, 0.4) is 0 Å². The smallest absolute Gasteiger partial charge is 0.130 e. The third-order valence-electron chi connectivity index (χ3n) is 2.28. The normalized spacial score (nSPS) is 12.5. The number of anilines is 1. The van der Waals surface area contributed by atoms with Gasteiger partial charge in [0.1, 0.15) is 11.6 Å². The first-order chi connectivity index (χ1) is 7.65. The minimum atomic E-state index is 0.199. The zero-order valence-corrected chi connectivity index (χ0v) is 10.6. The van der Waals surface area contributed by atoms with Crippen LogP contribution in [0, 0.1) is 6.92 Å². The maximum Gasteiger partial charge on any atom is 0.130 e. The molecule has 1 unspecified atom stereocenters. The van der Waals surface area contributed by atoms with Gasteiger partial charge in [0, 0.05) is 24.9 Å². The molecular formula is C12H21N3O. The lowest BCUT2D eigenvalue weighted by Crippen LogP contribution is -2.20. The summed E-state index contributed by atoms with van der Waals surface area (Å²) in [5.41, 5.74) is 1.07. The van der Waals surface area contributed by atoms with Gasteiger partial charge in [-0.25, -0.2) is 9.97 Å². The third-order valence-corrected chi connectivity index (χ3v) is 2.28. The van der Waals surface area contributed by atoms with Gasteiger partial charge >= 0.3 is 0 Å². The molecule has 1 aromatic heterocycles. The van der Waals surface area contributed by atoms with E-state index in [0.717, 1.165) is 36.9 Å². The van der Waals surface area contributed by atoms with E-state index in [1.54, 1.807) is 0 Å². The number of hydrogen-bond acceptors (Lipinski definition) is 4. The molecule has 0 aliphatic heterocycles.